The minimum absolute atomic E-state index is 0.0575. The third-order valence-corrected chi connectivity index (χ3v) is 10.1. The maximum Gasteiger partial charge on any atom is 0.338 e. The molecule has 8 atom stereocenters. The van der Waals surface area contributed by atoms with E-state index < -0.39 is 76.1 Å². The van der Waals surface area contributed by atoms with E-state index in [-0.39, 0.29) is 25.0 Å². The van der Waals surface area contributed by atoms with Gasteiger partial charge in [-0.2, -0.15) is 0 Å². The molecule has 0 radical (unpaired) electrons. The molecule has 3 aliphatic carbocycles. The van der Waals surface area contributed by atoms with Gasteiger partial charge in [-0.15, -0.1) is 0 Å². The molecule has 0 unspecified atom stereocenters. The van der Waals surface area contributed by atoms with E-state index in [0.717, 1.165) is 5.57 Å². The van der Waals surface area contributed by atoms with Crippen molar-refractivity contribution in [1.82, 2.24) is 0 Å². The van der Waals surface area contributed by atoms with Crippen molar-refractivity contribution >= 4 is 23.7 Å². The Kier molecular flexibility index (Phi) is 6.99. The van der Waals surface area contributed by atoms with Crippen molar-refractivity contribution in [2.75, 3.05) is 6.61 Å². The van der Waals surface area contributed by atoms with Gasteiger partial charge >= 0.3 is 17.9 Å². The van der Waals surface area contributed by atoms with Gasteiger partial charge in [0.2, 0.25) is 0 Å². The van der Waals surface area contributed by atoms with Crippen LogP contribution < -0.4 is 0 Å². The summed E-state index contributed by atoms with van der Waals surface area (Å²) in [6.45, 7) is 9.08. The summed E-state index contributed by atoms with van der Waals surface area (Å²) in [4.78, 5) is 53.4. The highest BCUT2D eigenvalue weighted by atomic mass is 16.6. The lowest BCUT2D eigenvalue weighted by molar-refractivity contribution is -0.345. The zero-order valence-electron chi connectivity index (χ0n) is 24.3. The second-order valence-corrected chi connectivity index (χ2v) is 12.6. The number of ether oxygens (including phenoxy) is 4. The van der Waals surface area contributed by atoms with E-state index in [4.69, 9.17) is 18.9 Å². The van der Waals surface area contributed by atoms with Crippen LogP contribution >= 0.6 is 0 Å². The molecule has 0 spiro atoms. The van der Waals surface area contributed by atoms with Crippen LogP contribution in [0.2, 0.25) is 0 Å². The minimum Gasteiger partial charge on any atom is -0.455 e. The van der Waals surface area contributed by atoms with Crippen LogP contribution in [0.3, 0.4) is 0 Å². The molecule has 1 heterocycles. The monoisotopic (exact) mass is 570 g/mol. The summed E-state index contributed by atoms with van der Waals surface area (Å²) in [7, 11) is 0. The smallest absolute Gasteiger partial charge is 0.338 e. The summed E-state index contributed by atoms with van der Waals surface area (Å²) < 4.78 is 23.7. The van der Waals surface area contributed by atoms with Crippen molar-refractivity contribution in [2.45, 2.75) is 96.4 Å². The first-order valence-electron chi connectivity index (χ1n) is 14.0. The molecule has 41 heavy (non-hydrogen) atoms. The van der Waals surface area contributed by atoms with Gasteiger partial charge in [0.25, 0.3) is 0 Å². The van der Waals surface area contributed by atoms with E-state index in [9.17, 15) is 29.4 Å². The fourth-order valence-corrected chi connectivity index (χ4v) is 7.93. The fourth-order valence-electron chi connectivity index (χ4n) is 7.93. The highest BCUT2D eigenvalue weighted by molar-refractivity contribution is 5.95. The zero-order valence-corrected chi connectivity index (χ0v) is 24.3. The Bertz CT molecular complexity index is 1320. The Hall–Kier alpha value is -3.08. The number of aliphatic hydroxyl groups excluding tert-OH is 1. The highest BCUT2D eigenvalue weighted by Crippen LogP contribution is 2.64. The molecule has 1 aromatic carbocycles. The van der Waals surface area contributed by atoms with Crippen molar-refractivity contribution in [3.8, 4) is 0 Å². The number of hydrogen-bond donors (Lipinski definition) is 2. The van der Waals surface area contributed by atoms with Gasteiger partial charge in [0.05, 0.1) is 29.6 Å². The summed E-state index contributed by atoms with van der Waals surface area (Å²) in [5.41, 5.74) is -4.98. The van der Waals surface area contributed by atoms with E-state index in [2.05, 4.69) is 0 Å². The van der Waals surface area contributed by atoms with E-state index in [1.165, 1.54) is 20.8 Å². The number of carbonyl (C=O) groups excluding carboxylic acids is 4. The quantitative estimate of drug-likeness (QED) is 0.315. The van der Waals surface area contributed by atoms with Crippen LogP contribution in [0.1, 0.15) is 71.2 Å². The third-order valence-electron chi connectivity index (χ3n) is 10.1. The number of allylic oxidation sites excluding steroid dienone is 1. The molecule has 10 heteroatoms. The molecule has 1 aliphatic heterocycles. The van der Waals surface area contributed by atoms with Crippen LogP contribution in [0.15, 0.2) is 41.5 Å². The molecule has 0 amide bonds. The van der Waals surface area contributed by atoms with E-state index in [0.29, 0.717) is 12.0 Å². The van der Waals surface area contributed by atoms with E-state index in [1.807, 2.05) is 6.92 Å². The molecule has 2 saturated carbocycles. The van der Waals surface area contributed by atoms with Gasteiger partial charge in [-0.3, -0.25) is 14.4 Å². The standard InChI is InChI=1S/C31H38O10/c1-16-12-13-31(37)26(40-27(36)19-10-8-7-9-11-19)24-29(6,20(34)14-21-30(24,15-38-21)41-18(3)33)25(35)23(39-17(2)32)22(16)28(31,4)5/h7-11,20-21,23-24,26,34,37H,12-15H2,1-6H3/t20-,21-,23+,24+,26-,29+,30-,31+/m0/s1. The van der Waals surface area contributed by atoms with Crippen LogP contribution in [-0.4, -0.2) is 76.1 Å². The number of aliphatic hydroxyl groups is 2. The van der Waals surface area contributed by atoms with Crippen LogP contribution in [0.25, 0.3) is 0 Å². The third kappa shape index (κ3) is 4.09. The van der Waals surface area contributed by atoms with Crippen molar-refractivity contribution < 1.29 is 48.3 Å². The van der Waals surface area contributed by atoms with Gasteiger partial charge in [-0.1, -0.05) is 37.6 Å². The average molecular weight is 571 g/mol. The molecule has 1 saturated heterocycles. The molecule has 2 N–H and O–H groups in total. The summed E-state index contributed by atoms with van der Waals surface area (Å²) in [6.07, 6.45) is -4.63. The first-order chi connectivity index (χ1) is 19.1. The Morgan fingerprint density at radius 3 is 2.24 bits per heavy atom. The first-order valence-corrected chi connectivity index (χ1v) is 14.0. The SMILES string of the molecule is CC(=O)O[C@H]1C(=O)[C@]2(C)[C@@H](O)C[C@@H]3OC[C@@]3(OC(C)=O)[C@@H]2[C@H](OC(=O)c2ccccc2)[C@]2(O)CCC(C)=C1C2(C)C. The van der Waals surface area contributed by atoms with Crippen molar-refractivity contribution in [1.29, 1.82) is 0 Å². The molecule has 4 aliphatic rings. The lowest BCUT2D eigenvalue weighted by Crippen LogP contribution is -2.81. The Balaban J connectivity index is 1.81. The predicted molar refractivity (Wildman–Crippen MR) is 143 cm³/mol. The molecule has 5 rings (SSSR count). The van der Waals surface area contributed by atoms with Gasteiger partial charge in [0.1, 0.15) is 17.8 Å². The largest absolute Gasteiger partial charge is 0.455 e. The first kappa shape index (κ1) is 29.4. The molecule has 2 bridgehead atoms. The van der Waals surface area contributed by atoms with Crippen LogP contribution in [0, 0.1) is 16.7 Å². The number of ketones is 1. The minimum atomic E-state index is -1.83. The van der Waals surface area contributed by atoms with Gasteiger partial charge in [-0.05, 0) is 44.4 Å². The summed E-state index contributed by atoms with van der Waals surface area (Å²) in [5.74, 6) is -3.96. The zero-order chi connectivity index (χ0) is 30.1. The van der Waals surface area contributed by atoms with E-state index >= 15 is 0 Å². The van der Waals surface area contributed by atoms with Gasteiger partial charge in [0, 0.05) is 25.7 Å². The number of esters is 3. The molecule has 0 aromatic heterocycles. The van der Waals surface area contributed by atoms with Crippen LogP contribution in [-0.2, 0) is 33.3 Å². The second-order valence-electron chi connectivity index (χ2n) is 12.6. The van der Waals surface area contributed by atoms with Crippen LogP contribution in [0.4, 0.5) is 0 Å². The van der Waals surface area contributed by atoms with Gasteiger partial charge in [0.15, 0.2) is 17.5 Å². The Morgan fingerprint density at radius 1 is 1.02 bits per heavy atom. The van der Waals surface area contributed by atoms with Crippen molar-refractivity contribution in [2.24, 2.45) is 16.7 Å². The number of Topliss-reactive ketones (excluding diaryl/α,β-unsaturated/α-hetero) is 1. The lowest BCUT2D eigenvalue weighted by atomic mass is 9.45. The predicted octanol–water partition coefficient (Wildman–Crippen LogP) is 2.68. The molecule has 222 valence electrons. The molecular formula is C31H38O10. The van der Waals surface area contributed by atoms with Gasteiger partial charge < -0.3 is 29.2 Å². The van der Waals surface area contributed by atoms with Crippen LogP contribution in [0.5, 0.6) is 0 Å². The molecule has 10 nitrogen and oxygen atoms in total. The maximum absolute atomic E-state index is 14.8. The number of hydrogen-bond acceptors (Lipinski definition) is 10. The fraction of sp³-hybridized carbons (Fsp3) is 0.613. The number of rotatable bonds is 4. The van der Waals surface area contributed by atoms with E-state index in [1.54, 1.807) is 44.2 Å². The Labute approximate surface area is 239 Å². The number of carbonyl (C=O) groups is 4. The average Bonchev–Trinajstić information content (AvgIpc) is 2.89. The van der Waals surface area contributed by atoms with Gasteiger partial charge in [-0.25, -0.2) is 4.79 Å². The summed E-state index contributed by atoms with van der Waals surface area (Å²) in [5, 5.41) is 24.5. The normalized spacial score (nSPS) is 39.2. The maximum atomic E-state index is 14.8. The van der Waals surface area contributed by atoms with Crippen molar-refractivity contribution in [3.05, 3.63) is 47.0 Å². The number of benzene rings is 1. The molecule has 3 fully saturated rings. The lowest BCUT2D eigenvalue weighted by Gasteiger charge is -2.67. The topological polar surface area (TPSA) is 146 Å². The summed E-state index contributed by atoms with van der Waals surface area (Å²) >= 11 is 0. The Morgan fingerprint density at radius 2 is 1.68 bits per heavy atom. The number of fused-ring (bicyclic) bond motifs is 5. The second kappa shape index (κ2) is 9.74. The summed E-state index contributed by atoms with van der Waals surface area (Å²) in [6, 6.07) is 8.25. The molecule has 1 aromatic rings. The van der Waals surface area contributed by atoms with Crippen molar-refractivity contribution in [3.63, 3.8) is 0 Å². The molecular weight excluding hydrogens is 532 g/mol. The highest BCUT2D eigenvalue weighted by Gasteiger charge is 2.77.